The molecule has 0 aromatic rings. The van der Waals surface area contributed by atoms with Gasteiger partial charge in [0.2, 0.25) is 0 Å². The standard InChI is InChI=1S/C5H10NO2P.C4H10.C2H6/c7-9-6-3-1-2-5(6)4-8-9;1-3-4-2;1-2/h5,7H,1-4H2;3-4H2,1-2H3;1-2H3/t5-,9?;;/m1../s1. The first-order chi connectivity index (χ1) is 7.29. The third-order valence-electron chi connectivity index (χ3n) is 2.45. The molecule has 3 nitrogen and oxygen atoms in total. The average Bonchev–Trinajstić information content (AvgIpc) is 2.88. The minimum Gasteiger partial charge on any atom is -0.338 e. The van der Waals surface area contributed by atoms with E-state index in [1.54, 1.807) is 0 Å². The van der Waals surface area contributed by atoms with E-state index in [0.29, 0.717) is 6.04 Å². The lowest BCUT2D eigenvalue weighted by molar-refractivity contribution is 0.326. The summed E-state index contributed by atoms with van der Waals surface area (Å²) in [5, 5.41) is 0. The van der Waals surface area contributed by atoms with Crippen LogP contribution in [0.4, 0.5) is 0 Å². The van der Waals surface area contributed by atoms with E-state index < -0.39 is 8.53 Å². The Morgan fingerprint density at radius 2 is 1.93 bits per heavy atom. The molecule has 4 heteroatoms. The molecule has 0 saturated carbocycles. The predicted octanol–water partition coefficient (Wildman–Crippen LogP) is 3.53. The van der Waals surface area contributed by atoms with Gasteiger partial charge in [-0.1, -0.05) is 40.5 Å². The van der Waals surface area contributed by atoms with Gasteiger partial charge in [-0.2, -0.15) is 0 Å². The molecule has 92 valence electrons. The van der Waals surface area contributed by atoms with Crippen molar-refractivity contribution in [3.8, 4) is 0 Å². The third-order valence-corrected chi connectivity index (χ3v) is 3.79. The summed E-state index contributed by atoms with van der Waals surface area (Å²) in [6, 6.07) is 0.543. The van der Waals surface area contributed by atoms with Gasteiger partial charge in [0.1, 0.15) is 0 Å². The SMILES string of the molecule is CC.CCCC.OP1OC[C@H]2CCCN21. The molecule has 0 bridgehead atoms. The first-order valence-electron chi connectivity index (χ1n) is 6.18. The van der Waals surface area contributed by atoms with Crippen LogP contribution in [0.1, 0.15) is 53.4 Å². The first-order valence-corrected chi connectivity index (χ1v) is 7.34. The number of hydrogen-bond acceptors (Lipinski definition) is 3. The molecule has 0 aliphatic carbocycles. The smallest absolute Gasteiger partial charge is 0.256 e. The van der Waals surface area contributed by atoms with Crippen LogP contribution in [0.15, 0.2) is 0 Å². The molecule has 0 aromatic heterocycles. The summed E-state index contributed by atoms with van der Waals surface area (Å²) >= 11 is 0. The molecule has 0 aromatic carbocycles. The highest BCUT2D eigenvalue weighted by molar-refractivity contribution is 7.43. The molecular weight excluding hydrogens is 209 g/mol. The van der Waals surface area contributed by atoms with Crippen molar-refractivity contribution in [2.45, 2.75) is 59.4 Å². The zero-order valence-electron chi connectivity index (χ0n) is 10.6. The fourth-order valence-corrected chi connectivity index (χ4v) is 2.67. The number of unbranched alkanes of at least 4 members (excludes halogenated alkanes) is 1. The highest BCUT2D eigenvalue weighted by Gasteiger charge is 2.37. The van der Waals surface area contributed by atoms with Gasteiger partial charge in [-0.05, 0) is 12.8 Å². The maximum atomic E-state index is 9.17. The van der Waals surface area contributed by atoms with E-state index in [2.05, 4.69) is 18.5 Å². The van der Waals surface area contributed by atoms with Crippen molar-refractivity contribution in [3.05, 3.63) is 0 Å². The van der Waals surface area contributed by atoms with Crippen LogP contribution in [0.25, 0.3) is 0 Å². The lowest BCUT2D eigenvalue weighted by Crippen LogP contribution is -2.19. The Morgan fingerprint density at radius 3 is 2.40 bits per heavy atom. The number of nitrogens with zero attached hydrogens (tertiary/aromatic N) is 1. The van der Waals surface area contributed by atoms with Crippen molar-refractivity contribution >= 4 is 8.53 Å². The maximum absolute atomic E-state index is 9.17. The van der Waals surface area contributed by atoms with E-state index in [4.69, 9.17) is 9.42 Å². The van der Waals surface area contributed by atoms with E-state index in [9.17, 15) is 0 Å². The molecule has 2 aliphatic heterocycles. The van der Waals surface area contributed by atoms with E-state index in [0.717, 1.165) is 13.2 Å². The largest absolute Gasteiger partial charge is 0.338 e. The van der Waals surface area contributed by atoms with Crippen LogP contribution in [0, 0.1) is 0 Å². The Balaban J connectivity index is 0.000000282. The maximum Gasteiger partial charge on any atom is 0.256 e. The number of rotatable bonds is 1. The second-order valence-electron chi connectivity index (χ2n) is 3.51. The molecule has 0 spiro atoms. The van der Waals surface area contributed by atoms with E-state index in [1.807, 2.05) is 13.8 Å². The summed E-state index contributed by atoms with van der Waals surface area (Å²) in [5.41, 5.74) is 0. The van der Waals surface area contributed by atoms with Crippen LogP contribution in [0.5, 0.6) is 0 Å². The summed E-state index contributed by atoms with van der Waals surface area (Å²) in [5.74, 6) is 0. The quantitative estimate of drug-likeness (QED) is 0.706. The van der Waals surface area contributed by atoms with E-state index >= 15 is 0 Å². The van der Waals surface area contributed by atoms with Gasteiger partial charge in [0.15, 0.2) is 0 Å². The Morgan fingerprint density at radius 1 is 1.33 bits per heavy atom. The van der Waals surface area contributed by atoms with Gasteiger partial charge in [0.25, 0.3) is 8.53 Å². The summed E-state index contributed by atoms with van der Waals surface area (Å²) in [4.78, 5) is 9.17. The van der Waals surface area contributed by atoms with Gasteiger partial charge in [-0.3, -0.25) is 0 Å². The summed E-state index contributed by atoms with van der Waals surface area (Å²) in [7, 11) is -1.17. The fraction of sp³-hybridized carbons (Fsp3) is 1.00. The predicted molar refractivity (Wildman–Crippen MR) is 66.7 cm³/mol. The molecule has 1 unspecified atom stereocenters. The van der Waals surface area contributed by atoms with Crippen LogP contribution >= 0.6 is 8.53 Å². The van der Waals surface area contributed by atoms with Crippen molar-refractivity contribution < 1.29 is 9.42 Å². The van der Waals surface area contributed by atoms with Crippen LogP contribution in [0.3, 0.4) is 0 Å². The van der Waals surface area contributed by atoms with Gasteiger partial charge >= 0.3 is 0 Å². The molecule has 1 N–H and O–H groups in total. The molecule has 2 heterocycles. The molecule has 0 radical (unpaired) electrons. The molecule has 2 atom stereocenters. The first kappa shape index (κ1) is 15.3. The second kappa shape index (κ2) is 9.53. The van der Waals surface area contributed by atoms with Crippen LogP contribution in [0.2, 0.25) is 0 Å². The Hall–Kier alpha value is 0.310. The topological polar surface area (TPSA) is 32.7 Å². The van der Waals surface area contributed by atoms with E-state index in [1.165, 1.54) is 25.7 Å². The lowest BCUT2D eigenvalue weighted by Gasteiger charge is -2.13. The van der Waals surface area contributed by atoms with Crippen molar-refractivity contribution in [1.82, 2.24) is 4.67 Å². The van der Waals surface area contributed by atoms with Crippen molar-refractivity contribution in [3.63, 3.8) is 0 Å². The highest BCUT2D eigenvalue weighted by Crippen LogP contribution is 2.48. The monoisotopic (exact) mass is 235 g/mol. The fourth-order valence-electron chi connectivity index (χ4n) is 1.44. The van der Waals surface area contributed by atoms with Crippen molar-refractivity contribution in [1.29, 1.82) is 0 Å². The number of fused-ring (bicyclic) bond motifs is 1. The van der Waals surface area contributed by atoms with Crippen LogP contribution in [-0.4, -0.2) is 28.8 Å². The van der Waals surface area contributed by atoms with Gasteiger partial charge in [-0.15, -0.1) is 0 Å². The zero-order chi connectivity index (χ0) is 11.7. The van der Waals surface area contributed by atoms with Gasteiger partial charge in [0.05, 0.1) is 6.61 Å². The molecule has 2 rings (SSSR count). The summed E-state index contributed by atoms with van der Waals surface area (Å²) in [6.45, 7) is 10.1. The lowest BCUT2D eigenvalue weighted by atomic mass is 10.2. The van der Waals surface area contributed by atoms with Crippen molar-refractivity contribution in [2.24, 2.45) is 0 Å². The Bertz CT molecular complexity index is 145. The van der Waals surface area contributed by atoms with Gasteiger partial charge < -0.3 is 9.42 Å². The minimum absolute atomic E-state index is 0.543. The van der Waals surface area contributed by atoms with Crippen LogP contribution < -0.4 is 0 Å². The third kappa shape index (κ3) is 5.26. The summed E-state index contributed by atoms with van der Waals surface area (Å²) in [6.07, 6.45) is 5.08. The molecule has 2 aliphatic rings. The molecule has 2 saturated heterocycles. The molecule has 0 amide bonds. The summed E-state index contributed by atoms with van der Waals surface area (Å²) < 4.78 is 7.14. The Kier molecular flexibility index (Phi) is 9.73. The van der Waals surface area contributed by atoms with Crippen molar-refractivity contribution in [2.75, 3.05) is 13.2 Å². The average molecular weight is 235 g/mol. The molecule has 2 fully saturated rings. The van der Waals surface area contributed by atoms with Crippen LogP contribution in [-0.2, 0) is 4.52 Å². The Labute approximate surface area is 95.8 Å². The zero-order valence-corrected chi connectivity index (χ0v) is 11.5. The van der Waals surface area contributed by atoms with Gasteiger partial charge in [-0.25, -0.2) is 4.67 Å². The molecular formula is C11H26NO2P. The van der Waals surface area contributed by atoms with E-state index in [-0.39, 0.29) is 0 Å². The van der Waals surface area contributed by atoms with Gasteiger partial charge in [0, 0.05) is 12.6 Å². The second-order valence-corrected chi connectivity index (χ2v) is 4.79. The normalized spacial score (nSPS) is 28.6. The highest BCUT2D eigenvalue weighted by atomic mass is 31.2. The molecule has 15 heavy (non-hydrogen) atoms. The number of hydrogen-bond donors (Lipinski definition) is 1. The minimum atomic E-state index is -1.17.